The summed E-state index contributed by atoms with van der Waals surface area (Å²) in [6.45, 7) is 0.0682. The highest BCUT2D eigenvalue weighted by atomic mass is 32.1. The summed E-state index contributed by atoms with van der Waals surface area (Å²) in [6, 6.07) is 19.0. The lowest BCUT2D eigenvalue weighted by Crippen LogP contribution is -2.32. The molecule has 3 heterocycles. The maximum Gasteiger partial charge on any atom is 0.240 e. The van der Waals surface area contributed by atoms with Crippen molar-refractivity contribution in [3.05, 3.63) is 88.3 Å². The predicted octanol–water partition coefficient (Wildman–Crippen LogP) is 3.97. The lowest BCUT2D eigenvalue weighted by Gasteiger charge is -2.19. The number of hydrogen-bond donors (Lipinski definition) is 2. The molecule has 0 aliphatic heterocycles. The molecule has 0 radical (unpaired) electrons. The first-order valence-electron chi connectivity index (χ1n) is 8.66. The summed E-state index contributed by atoms with van der Waals surface area (Å²) in [5.74, 6) is 0.485. The second-order valence-corrected chi connectivity index (χ2v) is 7.42. The normalized spacial score (nSPS) is 11.9. The van der Waals surface area contributed by atoms with Gasteiger partial charge in [-0.3, -0.25) is 19.4 Å². The molecule has 4 aromatic rings. The lowest BCUT2D eigenvalue weighted by atomic mass is 10.0. The molecular formula is C20H17N5OS2. The van der Waals surface area contributed by atoms with Crippen molar-refractivity contribution < 1.29 is 4.79 Å². The van der Waals surface area contributed by atoms with Gasteiger partial charge in [-0.25, -0.2) is 0 Å². The number of carbonyl (C=O) groups excluding carboxylic acids is 1. The van der Waals surface area contributed by atoms with E-state index in [4.69, 9.17) is 12.2 Å². The fourth-order valence-corrected chi connectivity index (χ4v) is 3.85. The molecule has 0 fully saturated rings. The summed E-state index contributed by atoms with van der Waals surface area (Å²) in [5.41, 5.74) is 1.74. The van der Waals surface area contributed by atoms with Gasteiger partial charge in [0.05, 0.1) is 16.6 Å². The van der Waals surface area contributed by atoms with E-state index >= 15 is 0 Å². The van der Waals surface area contributed by atoms with Crippen molar-refractivity contribution in [1.29, 1.82) is 0 Å². The second kappa shape index (κ2) is 8.28. The molecule has 1 unspecified atom stereocenters. The van der Waals surface area contributed by atoms with Crippen molar-refractivity contribution in [3.8, 4) is 10.7 Å². The first kappa shape index (κ1) is 18.3. The molecule has 1 aromatic carbocycles. The van der Waals surface area contributed by atoms with Crippen LogP contribution in [-0.2, 0) is 11.3 Å². The van der Waals surface area contributed by atoms with E-state index in [1.54, 1.807) is 22.1 Å². The zero-order chi connectivity index (χ0) is 19.3. The van der Waals surface area contributed by atoms with E-state index in [0.29, 0.717) is 10.6 Å². The number of rotatable bonds is 6. The van der Waals surface area contributed by atoms with Crippen LogP contribution in [0.15, 0.2) is 72.2 Å². The Morgan fingerprint density at radius 3 is 2.68 bits per heavy atom. The van der Waals surface area contributed by atoms with Gasteiger partial charge in [-0.2, -0.15) is 5.10 Å². The highest BCUT2D eigenvalue weighted by Crippen LogP contribution is 2.23. The predicted molar refractivity (Wildman–Crippen MR) is 111 cm³/mol. The number of aromatic nitrogens is 4. The summed E-state index contributed by atoms with van der Waals surface area (Å²) < 4.78 is 2.12. The fraction of sp³-hybridized carbons (Fsp3) is 0.100. The molecule has 0 saturated carbocycles. The number of hydrogen-bond acceptors (Lipinski definition) is 5. The zero-order valence-corrected chi connectivity index (χ0v) is 16.4. The highest BCUT2D eigenvalue weighted by Gasteiger charge is 2.19. The lowest BCUT2D eigenvalue weighted by molar-refractivity contribution is -0.122. The molecule has 0 bridgehead atoms. The van der Waals surface area contributed by atoms with E-state index in [2.05, 4.69) is 20.5 Å². The van der Waals surface area contributed by atoms with Gasteiger partial charge in [0.25, 0.3) is 0 Å². The van der Waals surface area contributed by atoms with Crippen LogP contribution < -0.4 is 5.32 Å². The number of H-pyrrole nitrogens is 1. The van der Waals surface area contributed by atoms with Gasteiger partial charge in [0.1, 0.15) is 6.54 Å². The molecule has 0 saturated heterocycles. The zero-order valence-electron chi connectivity index (χ0n) is 14.8. The van der Waals surface area contributed by atoms with Crippen LogP contribution in [0.2, 0.25) is 0 Å². The Kier molecular flexibility index (Phi) is 5.41. The number of aromatic amines is 1. The van der Waals surface area contributed by atoms with Crippen LogP contribution in [0.4, 0.5) is 0 Å². The monoisotopic (exact) mass is 407 g/mol. The summed E-state index contributed by atoms with van der Waals surface area (Å²) in [7, 11) is 0. The Balaban J connectivity index is 1.60. The third-order valence-corrected chi connectivity index (χ3v) is 5.40. The van der Waals surface area contributed by atoms with Gasteiger partial charge in [0, 0.05) is 6.20 Å². The van der Waals surface area contributed by atoms with Gasteiger partial charge in [0.15, 0.2) is 10.6 Å². The van der Waals surface area contributed by atoms with Gasteiger partial charge < -0.3 is 5.32 Å². The molecule has 1 atom stereocenters. The number of pyridine rings is 1. The molecule has 0 aliphatic rings. The Hall–Kier alpha value is -3.10. The smallest absolute Gasteiger partial charge is 0.240 e. The van der Waals surface area contributed by atoms with Gasteiger partial charge in [-0.1, -0.05) is 42.5 Å². The molecule has 4 rings (SSSR count). The van der Waals surface area contributed by atoms with Crippen LogP contribution in [0.5, 0.6) is 0 Å². The first-order chi connectivity index (χ1) is 13.7. The third-order valence-electron chi connectivity index (χ3n) is 4.22. The van der Waals surface area contributed by atoms with Crippen molar-refractivity contribution in [2.24, 2.45) is 0 Å². The van der Waals surface area contributed by atoms with Crippen molar-refractivity contribution in [3.63, 3.8) is 0 Å². The van der Waals surface area contributed by atoms with Crippen LogP contribution in [0.25, 0.3) is 10.7 Å². The van der Waals surface area contributed by atoms with E-state index < -0.39 is 0 Å². The SMILES string of the molecule is O=C(Cn1c(-c2cccs2)n[nH]c1=S)NC(c1ccccc1)c1ccccn1. The van der Waals surface area contributed by atoms with Crippen LogP contribution in [-0.4, -0.2) is 25.7 Å². The van der Waals surface area contributed by atoms with Gasteiger partial charge >= 0.3 is 0 Å². The summed E-state index contributed by atoms with van der Waals surface area (Å²) in [4.78, 5) is 18.3. The summed E-state index contributed by atoms with van der Waals surface area (Å²) in [6.07, 6.45) is 1.72. The molecule has 8 heteroatoms. The Labute approximate surface area is 170 Å². The Morgan fingerprint density at radius 2 is 1.96 bits per heavy atom. The van der Waals surface area contributed by atoms with Crippen molar-refractivity contribution >= 4 is 29.5 Å². The second-order valence-electron chi connectivity index (χ2n) is 6.08. The van der Waals surface area contributed by atoms with E-state index in [1.165, 1.54) is 0 Å². The van der Waals surface area contributed by atoms with E-state index in [0.717, 1.165) is 16.1 Å². The Morgan fingerprint density at radius 1 is 1.14 bits per heavy atom. The maximum absolute atomic E-state index is 12.9. The van der Waals surface area contributed by atoms with Crippen molar-refractivity contribution in [2.45, 2.75) is 12.6 Å². The maximum atomic E-state index is 12.9. The molecule has 0 aliphatic carbocycles. The summed E-state index contributed by atoms with van der Waals surface area (Å²) in [5, 5.41) is 12.1. The molecule has 1 amide bonds. The number of benzene rings is 1. The van der Waals surface area contributed by atoms with Crippen molar-refractivity contribution in [1.82, 2.24) is 25.1 Å². The number of carbonyl (C=O) groups is 1. The van der Waals surface area contributed by atoms with Crippen molar-refractivity contribution in [2.75, 3.05) is 0 Å². The number of nitrogens with zero attached hydrogens (tertiary/aromatic N) is 3. The third kappa shape index (κ3) is 3.92. The van der Waals surface area contributed by atoms with Crippen LogP contribution in [0.1, 0.15) is 17.3 Å². The van der Waals surface area contributed by atoms with Crippen LogP contribution in [0, 0.1) is 4.77 Å². The number of thiophene rings is 1. The quantitative estimate of drug-likeness (QED) is 0.474. The molecule has 2 N–H and O–H groups in total. The minimum absolute atomic E-state index is 0.0682. The van der Waals surface area contributed by atoms with E-state index in [9.17, 15) is 4.79 Å². The largest absolute Gasteiger partial charge is 0.342 e. The van der Waals surface area contributed by atoms with Crippen LogP contribution in [0.3, 0.4) is 0 Å². The molecular weight excluding hydrogens is 390 g/mol. The minimum Gasteiger partial charge on any atom is -0.342 e. The average Bonchev–Trinajstić information content (AvgIpc) is 3.38. The van der Waals surface area contributed by atoms with Gasteiger partial charge in [-0.05, 0) is 41.4 Å². The molecule has 6 nitrogen and oxygen atoms in total. The average molecular weight is 408 g/mol. The minimum atomic E-state index is -0.346. The highest BCUT2D eigenvalue weighted by molar-refractivity contribution is 7.71. The molecule has 0 spiro atoms. The molecule has 28 heavy (non-hydrogen) atoms. The van der Waals surface area contributed by atoms with E-state index in [-0.39, 0.29) is 18.5 Å². The summed E-state index contributed by atoms with van der Waals surface area (Å²) >= 11 is 6.87. The molecule has 140 valence electrons. The Bertz CT molecular complexity index is 1060. The van der Waals surface area contributed by atoms with E-state index in [1.807, 2.05) is 66.0 Å². The number of nitrogens with one attached hydrogen (secondary N) is 2. The topological polar surface area (TPSA) is 75.6 Å². The van der Waals surface area contributed by atoms with Crippen LogP contribution >= 0.6 is 23.6 Å². The number of amides is 1. The van der Waals surface area contributed by atoms with Gasteiger partial charge in [0.2, 0.25) is 5.91 Å². The first-order valence-corrected chi connectivity index (χ1v) is 9.95. The van der Waals surface area contributed by atoms with Gasteiger partial charge in [-0.15, -0.1) is 11.3 Å². The standard InChI is InChI=1S/C20H17N5OS2/c26-17(13-25-19(23-24-20(25)27)16-10-6-12-28-16)22-18(14-7-2-1-3-8-14)15-9-4-5-11-21-15/h1-12,18H,13H2,(H,22,26)(H,24,27). The molecule has 3 aromatic heterocycles. The fourth-order valence-electron chi connectivity index (χ4n) is 2.93.